The molecule has 9 nitrogen and oxygen atoms in total. The fraction of sp³-hybridized carbons (Fsp3) is 0.381. The van der Waals surface area contributed by atoms with Crippen LogP contribution in [0.3, 0.4) is 0 Å². The number of carbonyl (C=O) groups is 1. The maximum atomic E-state index is 13.9. The van der Waals surface area contributed by atoms with Gasteiger partial charge < -0.3 is 4.90 Å². The molecule has 1 amide bonds. The normalized spacial score (nSPS) is 11.6. The molecule has 0 aliphatic heterocycles. The Balaban J connectivity index is 1.69. The van der Waals surface area contributed by atoms with Crippen LogP contribution >= 0.6 is 15.9 Å². The number of rotatable bonds is 7. The van der Waals surface area contributed by atoms with E-state index in [9.17, 15) is 13.6 Å². The first-order chi connectivity index (χ1) is 15.7. The first-order valence-electron chi connectivity index (χ1n) is 10.3. The van der Waals surface area contributed by atoms with Crippen LogP contribution in [0.25, 0.3) is 22.3 Å². The van der Waals surface area contributed by atoms with Gasteiger partial charge in [-0.2, -0.15) is 15.3 Å². The second-order valence-corrected chi connectivity index (χ2v) is 8.60. The Morgan fingerprint density at radius 1 is 1.24 bits per heavy atom. The Kier molecular flexibility index (Phi) is 6.28. The lowest BCUT2D eigenvalue weighted by Gasteiger charge is -2.18. The lowest BCUT2D eigenvalue weighted by Crippen LogP contribution is -2.31. The largest absolute Gasteiger partial charge is 0.338 e. The summed E-state index contributed by atoms with van der Waals surface area (Å²) in [4.78, 5) is 19.1. The summed E-state index contributed by atoms with van der Waals surface area (Å²) in [6, 6.07) is 1.36. The molecule has 0 saturated carbocycles. The van der Waals surface area contributed by atoms with Crippen LogP contribution in [0.1, 0.15) is 30.3 Å². The molecule has 0 bridgehead atoms. The van der Waals surface area contributed by atoms with E-state index in [-0.39, 0.29) is 29.0 Å². The Labute approximate surface area is 197 Å². The number of aryl methyl sites for hydroxylation is 3. The molecule has 4 rings (SSSR count). The molecule has 0 saturated heterocycles. The van der Waals surface area contributed by atoms with Gasteiger partial charge in [0, 0.05) is 38.0 Å². The van der Waals surface area contributed by atoms with Crippen LogP contribution < -0.4 is 0 Å². The van der Waals surface area contributed by atoms with E-state index in [1.54, 1.807) is 53.9 Å². The van der Waals surface area contributed by atoms with E-state index in [2.05, 4.69) is 36.2 Å². The van der Waals surface area contributed by atoms with Crippen molar-refractivity contribution in [3.63, 3.8) is 0 Å². The van der Waals surface area contributed by atoms with E-state index in [1.807, 2.05) is 6.92 Å². The number of halogens is 3. The highest BCUT2D eigenvalue weighted by molar-refractivity contribution is 9.10. The molecule has 0 aromatic carbocycles. The highest BCUT2D eigenvalue weighted by Gasteiger charge is 2.23. The van der Waals surface area contributed by atoms with E-state index < -0.39 is 6.43 Å². The zero-order valence-corrected chi connectivity index (χ0v) is 20.2. The lowest BCUT2D eigenvalue weighted by molar-refractivity contribution is -0.131. The van der Waals surface area contributed by atoms with E-state index in [0.717, 1.165) is 10.2 Å². The van der Waals surface area contributed by atoms with Crippen LogP contribution in [0.5, 0.6) is 0 Å². The SMILES string of the molecule is CCn1ncc(Br)c1CN(C)C(=O)Cn1nc(C)c2c(C(F)F)cc(-c3cnn(C)c3)nc21. The van der Waals surface area contributed by atoms with Crippen LogP contribution in [0.4, 0.5) is 8.78 Å². The summed E-state index contributed by atoms with van der Waals surface area (Å²) in [5, 5.41) is 13.0. The summed E-state index contributed by atoms with van der Waals surface area (Å²) in [5.74, 6) is -0.234. The number of nitrogens with zero attached hydrogens (tertiary/aromatic N) is 8. The Morgan fingerprint density at radius 3 is 2.64 bits per heavy atom. The molecule has 174 valence electrons. The molecular formula is C21H23BrF2N8O. The van der Waals surface area contributed by atoms with Gasteiger partial charge in [0.2, 0.25) is 5.91 Å². The van der Waals surface area contributed by atoms with Gasteiger partial charge in [0.1, 0.15) is 6.54 Å². The molecule has 0 unspecified atom stereocenters. The van der Waals surface area contributed by atoms with Crippen molar-refractivity contribution in [2.45, 2.75) is 39.9 Å². The highest BCUT2D eigenvalue weighted by Crippen LogP contribution is 2.33. The second-order valence-electron chi connectivity index (χ2n) is 7.75. The fourth-order valence-electron chi connectivity index (χ4n) is 3.75. The third-order valence-electron chi connectivity index (χ3n) is 5.44. The Hall–Kier alpha value is -3.15. The molecule has 0 aliphatic carbocycles. The van der Waals surface area contributed by atoms with Gasteiger partial charge in [-0.1, -0.05) is 0 Å². The molecule has 4 aromatic heterocycles. The van der Waals surface area contributed by atoms with Gasteiger partial charge in [0.25, 0.3) is 6.43 Å². The predicted molar refractivity (Wildman–Crippen MR) is 121 cm³/mol. The van der Waals surface area contributed by atoms with Gasteiger partial charge >= 0.3 is 0 Å². The molecule has 0 N–H and O–H groups in total. The summed E-state index contributed by atoms with van der Waals surface area (Å²) in [7, 11) is 3.42. The van der Waals surface area contributed by atoms with E-state index in [4.69, 9.17) is 0 Å². The molecule has 0 fully saturated rings. The number of aromatic nitrogens is 7. The number of carbonyl (C=O) groups excluding carboxylic acids is 1. The van der Waals surface area contributed by atoms with Crippen molar-refractivity contribution < 1.29 is 13.6 Å². The second kappa shape index (κ2) is 9.00. The smallest absolute Gasteiger partial charge is 0.264 e. The van der Waals surface area contributed by atoms with E-state index in [0.29, 0.717) is 30.0 Å². The van der Waals surface area contributed by atoms with E-state index >= 15 is 0 Å². The molecule has 0 atom stereocenters. The van der Waals surface area contributed by atoms with Gasteiger partial charge in [-0.05, 0) is 35.8 Å². The number of alkyl halides is 2. The summed E-state index contributed by atoms with van der Waals surface area (Å²) < 4.78 is 33.4. The van der Waals surface area contributed by atoms with Crippen molar-refractivity contribution in [1.82, 2.24) is 39.2 Å². The van der Waals surface area contributed by atoms with Crippen LogP contribution in [-0.4, -0.2) is 52.2 Å². The zero-order chi connectivity index (χ0) is 23.9. The molecule has 33 heavy (non-hydrogen) atoms. The molecule has 12 heteroatoms. The third-order valence-corrected chi connectivity index (χ3v) is 6.10. The monoisotopic (exact) mass is 520 g/mol. The summed E-state index contributed by atoms with van der Waals surface area (Å²) in [5.41, 5.74) is 2.29. The summed E-state index contributed by atoms with van der Waals surface area (Å²) in [6.07, 6.45) is 2.24. The first-order valence-corrected chi connectivity index (χ1v) is 11.1. The van der Waals surface area contributed by atoms with Crippen LogP contribution in [-0.2, 0) is 31.5 Å². The summed E-state index contributed by atoms with van der Waals surface area (Å²) in [6.45, 7) is 4.48. The van der Waals surface area contributed by atoms with Crippen molar-refractivity contribution in [2.24, 2.45) is 7.05 Å². The van der Waals surface area contributed by atoms with Gasteiger partial charge in [0.05, 0.1) is 45.9 Å². The Bertz CT molecular complexity index is 1330. The fourth-order valence-corrected chi connectivity index (χ4v) is 4.17. The maximum Gasteiger partial charge on any atom is 0.264 e. The summed E-state index contributed by atoms with van der Waals surface area (Å²) >= 11 is 3.46. The van der Waals surface area contributed by atoms with Crippen molar-refractivity contribution in [3.8, 4) is 11.3 Å². The van der Waals surface area contributed by atoms with Gasteiger partial charge in [-0.15, -0.1) is 0 Å². The highest BCUT2D eigenvalue weighted by atomic mass is 79.9. The maximum absolute atomic E-state index is 13.9. The van der Waals surface area contributed by atoms with Crippen LogP contribution in [0.15, 0.2) is 29.1 Å². The van der Waals surface area contributed by atoms with Gasteiger partial charge in [-0.25, -0.2) is 18.4 Å². The van der Waals surface area contributed by atoms with Crippen LogP contribution in [0.2, 0.25) is 0 Å². The van der Waals surface area contributed by atoms with Crippen molar-refractivity contribution in [3.05, 3.63) is 46.1 Å². The predicted octanol–water partition coefficient (Wildman–Crippen LogP) is 3.72. The molecule has 0 spiro atoms. The minimum Gasteiger partial charge on any atom is -0.338 e. The number of pyridine rings is 1. The van der Waals surface area contributed by atoms with Crippen molar-refractivity contribution in [1.29, 1.82) is 0 Å². The Morgan fingerprint density at radius 2 is 2.00 bits per heavy atom. The van der Waals surface area contributed by atoms with Crippen molar-refractivity contribution in [2.75, 3.05) is 7.05 Å². The molecular weight excluding hydrogens is 498 g/mol. The molecule has 0 aliphatic rings. The third kappa shape index (κ3) is 4.39. The molecule has 4 aromatic rings. The van der Waals surface area contributed by atoms with Crippen LogP contribution in [0, 0.1) is 6.92 Å². The van der Waals surface area contributed by atoms with Gasteiger partial charge in [0.15, 0.2) is 5.65 Å². The topological polar surface area (TPSA) is 86.7 Å². The van der Waals surface area contributed by atoms with E-state index in [1.165, 1.54) is 10.7 Å². The number of likely N-dealkylation sites (N-methyl/N-ethyl adjacent to an activating group) is 1. The zero-order valence-electron chi connectivity index (χ0n) is 18.6. The van der Waals surface area contributed by atoms with Gasteiger partial charge in [-0.3, -0.25) is 14.2 Å². The number of hydrogen-bond acceptors (Lipinski definition) is 5. The molecule has 4 heterocycles. The van der Waals surface area contributed by atoms with Crippen molar-refractivity contribution >= 4 is 32.9 Å². The minimum atomic E-state index is -2.72. The number of hydrogen-bond donors (Lipinski definition) is 0. The average Bonchev–Trinajstić information content (AvgIpc) is 3.45. The minimum absolute atomic E-state index is 0.134. The number of amides is 1. The average molecular weight is 521 g/mol. The quantitative estimate of drug-likeness (QED) is 0.370. The lowest BCUT2D eigenvalue weighted by atomic mass is 10.1. The molecule has 0 radical (unpaired) electrons. The standard InChI is InChI=1S/C21H23BrF2N8O/c1-5-31-17(15(22)8-26-31)10-29(3)18(33)11-32-21-19(12(2)28-32)14(20(23)24)6-16(27-21)13-7-25-30(4)9-13/h6-9,20H,5,10-11H2,1-4H3. The number of fused-ring (bicyclic) bond motifs is 1. The first kappa shape index (κ1) is 23.0.